The highest BCUT2D eigenvalue weighted by Gasteiger charge is 2.08. The van der Waals surface area contributed by atoms with Crippen LogP contribution in [-0.4, -0.2) is 31.5 Å². The van der Waals surface area contributed by atoms with Gasteiger partial charge in [-0.05, 0) is 55.3 Å². The molecular weight excluding hydrogens is 375 g/mol. The Hall–Kier alpha value is -2.24. The number of halogens is 2. The summed E-state index contributed by atoms with van der Waals surface area (Å²) in [6.45, 7) is 4.39. The standard InChI is InChI=1S/C19H20Cl2N2O3/c1-12-3-4-14(9-13(12)2)19(25)23-8-7-22-18(24)11-26-17-6-5-15(20)10-16(17)21/h3-6,9-10H,7-8,11H2,1-2H3,(H,22,24)(H,23,25). The third-order valence-corrected chi connectivity index (χ3v) is 4.28. The first kappa shape index (κ1) is 20.1. The molecule has 0 aliphatic rings. The summed E-state index contributed by atoms with van der Waals surface area (Å²) in [6.07, 6.45) is 0. The van der Waals surface area contributed by atoms with Gasteiger partial charge in [0.05, 0.1) is 5.02 Å². The number of hydrogen-bond acceptors (Lipinski definition) is 3. The van der Waals surface area contributed by atoms with E-state index in [1.807, 2.05) is 26.0 Å². The van der Waals surface area contributed by atoms with Crippen LogP contribution in [-0.2, 0) is 4.79 Å². The van der Waals surface area contributed by atoms with Crippen LogP contribution in [0.15, 0.2) is 36.4 Å². The number of hydrogen-bond donors (Lipinski definition) is 2. The number of rotatable bonds is 7. The summed E-state index contributed by atoms with van der Waals surface area (Å²) in [5, 5.41) is 6.25. The maximum Gasteiger partial charge on any atom is 0.258 e. The Kier molecular flexibility index (Phi) is 7.30. The van der Waals surface area contributed by atoms with Gasteiger partial charge in [0.25, 0.3) is 11.8 Å². The van der Waals surface area contributed by atoms with Crippen LogP contribution in [0.2, 0.25) is 10.0 Å². The van der Waals surface area contributed by atoms with E-state index in [2.05, 4.69) is 10.6 Å². The molecule has 0 saturated heterocycles. The molecule has 2 rings (SSSR count). The first-order chi connectivity index (χ1) is 12.4. The molecule has 0 saturated carbocycles. The van der Waals surface area contributed by atoms with Crippen molar-refractivity contribution in [3.63, 3.8) is 0 Å². The second-order valence-electron chi connectivity index (χ2n) is 5.77. The molecule has 138 valence electrons. The molecule has 0 fully saturated rings. The van der Waals surface area contributed by atoms with Gasteiger partial charge in [0.15, 0.2) is 6.61 Å². The van der Waals surface area contributed by atoms with Gasteiger partial charge in [0.2, 0.25) is 0 Å². The Morgan fingerprint density at radius 2 is 1.69 bits per heavy atom. The van der Waals surface area contributed by atoms with E-state index in [-0.39, 0.29) is 18.4 Å². The van der Waals surface area contributed by atoms with Crippen LogP contribution in [0.4, 0.5) is 0 Å². The fourth-order valence-electron chi connectivity index (χ4n) is 2.15. The Balaban J connectivity index is 1.69. The molecule has 0 aromatic heterocycles. The lowest BCUT2D eigenvalue weighted by molar-refractivity contribution is -0.123. The van der Waals surface area contributed by atoms with E-state index in [9.17, 15) is 9.59 Å². The Bertz CT molecular complexity index is 809. The number of carbonyl (C=O) groups is 2. The topological polar surface area (TPSA) is 67.4 Å². The maximum absolute atomic E-state index is 12.1. The first-order valence-corrected chi connectivity index (χ1v) is 8.82. The highest BCUT2D eigenvalue weighted by Crippen LogP contribution is 2.27. The lowest BCUT2D eigenvalue weighted by Gasteiger charge is -2.10. The van der Waals surface area contributed by atoms with Crippen molar-refractivity contribution in [2.45, 2.75) is 13.8 Å². The van der Waals surface area contributed by atoms with Crippen LogP contribution < -0.4 is 15.4 Å². The van der Waals surface area contributed by atoms with Crippen molar-refractivity contribution in [2.24, 2.45) is 0 Å². The summed E-state index contributed by atoms with van der Waals surface area (Å²) in [5.41, 5.74) is 2.79. The highest BCUT2D eigenvalue weighted by atomic mass is 35.5. The van der Waals surface area contributed by atoms with Crippen LogP contribution in [0.3, 0.4) is 0 Å². The van der Waals surface area contributed by atoms with Gasteiger partial charge in [-0.2, -0.15) is 0 Å². The van der Waals surface area contributed by atoms with E-state index >= 15 is 0 Å². The fourth-order valence-corrected chi connectivity index (χ4v) is 2.61. The van der Waals surface area contributed by atoms with E-state index in [1.165, 1.54) is 0 Å². The molecular formula is C19H20Cl2N2O3. The highest BCUT2D eigenvalue weighted by molar-refractivity contribution is 6.35. The normalized spacial score (nSPS) is 10.3. The van der Waals surface area contributed by atoms with E-state index in [4.69, 9.17) is 27.9 Å². The predicted molar refractivity (Wildman–Crippen MR) is 103 cm³/mol. The van der Waals surface area contributed by atoms with Crippen molar-refractivity contribution in [3.8, 4) is 5.75 Å². The van der Waals surface area contributed by atoms with Crippen LogP contribution >= 0.6 is 23.2 Å². The van der Waals surface area contributed by atoms with Gasteiger partial charge in [0, 0.05) is 23.7 Å². The number of ether oxygens (including phenoxy) is 1. The molecule has 0 aliphatic heterocycles. The third-order valence-electron chi connectivity index (χ3n) is 3.75. The van der Waals surface area contributed by atoms with E-state index in [0.29, 0.717) is 34.4 Å². The summed E-state index contributed by atoms with van der Waals surface area (Å²) < 4.78 is 5.34. The van der Waals surface area contributed by atoms with Crippen LogP contribution in [0.1, 0.15) is 21.5 Å². The number of amides is 2. The molecule has 0 radical (unpaired) electrons. The van der Waals surface area contributed by atoms with E-state index in [0.717, 1.165) is 11.1 Å². The SMILES string of the molecule is Cc1ccc(C(=O)NCCNC(=O)COc2ccc(Cl)cc2Cl)cc1C. The van der Waals surface area contributed by atoms with Crippen molar-refractivity contribution in [1.82, 2.24) is 10.6 Å². The molecule has 2 N–H and O–H groups in total. The number of carbonyl (C=O) groups excluding carboxylic acids is 2. The molecule has 0 unspecified atom stereocenters. The summed E-state index contributed by atoms with van der Waals surface area (Å²) >= 11 is 11.8. The smallest absolute Gasteiger partial charge is 0.258 e. The molecule has 5 nitrogen and oxygen atoms in total. The Labute approximate surface area is 162 Å². The van der Waals surface area contributed by atoms with Gasteiger partial charge >= 0.3 is 0 Å². The summed E-state index contributed by atoms with van der Waals surface area (Å²) in [6, 6.07) is 10.3. The van der Waals surface area contributed by atoms with Crippen molar-refractivity contribution >= 4 is 35.0 Å². The predicted octanol–water partition coefficient (Wildman–Crippen LogP) is 3.54. The zero-order valence-electron chi connectivity index (χ0n) is 14.6. The summed E-state index contributed by atoms with van der Waals surface area (Å²) in [5.74, 6) is -0.0998. The molecule has 2 amide bonds. The lowest BCUT2D eigenvalue weighted by atomic mass is 10.1. The molecule has 2 aromatic carbocycles. The molecule has 26 heavy (non-hydrogen) atoms. The number of nitrogens with one attached hydrogen (secondary N) is 2. The van der Waals surface area contributed by atoms with Gasteiger partial charge in [0.1, 0.15) is 5.75 Å². The van der Waals surface area contributed by atoms with Crippen molar-refractivity contribution < 1.29 is 14.3 Å². The molecule has 2 aromatic rings. The quantitative estimate of drug-likeness (QED) is 0.705. The zero-order chi connectivity index (χ0) is 19.1. The molecule has 7 heteroatoms. The molecule has 0 spiro atoms. The molecule has 0 atom stereocenters. The maximum atomic E-state index is 12.1. The van der Waals surface area contributed by atoms with Crippen LogP contribution in [0.5, 0.6) is 5.75 Å². The Morgan fingerprint density at radius 3 is 2.38 bits per heavy atom. The molecule has 0 aliphatic carbocycles. The molecule has 0 heterocycles. The number of aryl methyl sites for hydroxylation is 2. The summed E-state index contributed by atoms with van der Waals surface area (Å²) in [7, 11) is 0. The average Bonchev–Trinajstić information content (AvgIpc) is 2.60. The zero-order valence-corrected chi connectivity index (χ0v) is 16.1. The fraction of sp³-hybridized carbons (Fsp3) is 0.263. The average molecular weight is 395 g/mol. The minimum atomic E-state index is -0.309. The monoisotopic (exact) mass is 394 g/mol. The third kappa shape index (κ3) is 5.93. The van der Waals surface area contributed by atoms with Gasteiger partial charge in [-0.1, -0.05) is 29.3 Å². The van der Waals surface area contributed by atoms with Crippen molar-refractivity contribution in [2.75, 3.05) is 19.7 Å². The van der Waals surface area contributed by atoms with Crippen LogP contribution in [0, 0.1) is 13.8 Å². The van der Waals surface area contributed by atoms with Gasteiger partial charge in [-0.15, -0.1) is 0 Å². The Morgan fingerprint density at radius 1 is 0.962 bits per heavy atom. The van der Waals surface area contributed by atoms with Gasteiger partial charge < -0.3 is 15.4 Å². The molecule has 0 bridgehead atoms. The second kappa shape index (κ2) is 9.46. The van der Waals surface area contributed by atoms with Crippen molar-refractivity contribution in [3.05, 3.63) is 63.1 Å². The van der Waals surface area contributed by atoms with Crippen LogP contribution in [0.25, 0.3) is 0 Å². The number of benzene rings is 2. The van der Waals surface area contributed by atoms with E-state index in [1.54, 1.807) is 24.3 Å². The van der Waals surface area contributed by atoms with Gasteiger partial charge in [-0.3, -0.25) is 9.59 Å². The second-order valence-corrected chi connectivity index (χ2v) is 6.61. The van der Waals surface area contributed by atoms with E-state index < -0.39 is 0 Å². The largest absolute Gasteiger partial charge is 0.482 e. The first-order valence-electron chi connectivity index (χ1n) is 8.07. The summed E-state index contributed by atoms with van der Waals surface area (Å²) in [4.78, 5) is 23.8. The minimum absolute atomic E-state index is 0.174. The lowest BCUT2D eigenvalue weighted by Crippen LogP contribution is -2.36. The minimum Gasteiger partial charge on any atom is -0.482 e. The van der Waals surface area contributed by atoms with Gasteiger partial charge in [-0.25, -0.2) is 0 Å². The van der Waals surface area contributed by atoms with Crippen molar-refractivity contribution in [1.29, 1.82) is 0 Å².